The molecule has 0 amide bonds. The zero-order valence-corrected chi connectivity index (χ0v) is 15.1. The Labute approximate surface area is 146 Å². The van der Waals surface area contributed by atoms with Gasteiger partial charge in [0, 0.05) is 5.69 Å². The molecule has 134 valence electrons. The first kappa shape index (κ1) is 18.9. The Morgan fingerprint density at radius 1 is 1.12 bits per heavy atom. The molecule has 25 heavy (non-hydrogen) atoms. The second kappa shape index (κ2) is 7.23. The van der Waals surface area contributed by atoms with E-state index in [1.165, 1.54) is 36.4 Å². The molecular formula is C18H20FNO4S. The quantitative estimate of drug-likeness (QED) is 0.820. The zero-order chi connectivity index (χ0) is 18.7. The third-order valence-electron chi connectivity index (χ3n) is 3.04. The van der Waals surface area contributed by atoms with E-state index in [0.29, 0.717) is 5.56 Å². The van der Waals surface area contributed by atoms with Crippen LogP contribution >= 0.6 is 0 Å². The summed E-state index contributed by atoms with van der Waals surface area (Å²) in [7, 11) is -3.70. The molecule has 0 fully saturated rings. The largest absolute Gasteiger partial charge is 0.456 e. The summed E-state index contributed by atoms with van der Waals surface area (Å²) in [5, 5.41) is 0. The van der Waals surface area contributed by atoms with Crippen LogP contribution < -0.4 is 4.72 Å². The first-order chi connectivity index (χ1) is 11.5. The summed E-state index contributed by atoms with van der Waals surface area (Å²) in [6, 6.07) is 11.3. The fraction of sp³-hybridized carbons (Fsp3) is 0.278. The van der Waals surface area contributed by atoms with Crippen molar-refractivity contribution in [2.24, 2.45) is 0 Å². The molecule has 0 heterocycles. The number of halogens is 1. The van der Waals surface area contributed by atoms with E-state index in [4.69, 9.17) is 4.74 Å². The maximum absolute atomic E-state index is 12.9. The van der Waals surface area contributed by atoms with Gasteiger partial charge in [-0.1, -0.05) is 18.2 Å². The van der Waals surface area contributed by atoms with Crippen LogP contribution in [-0.4, -0.2) is 20.0 Å². The summed E-state index contributed by atoms with van der Waals surface area (Å²) >= 11 is 0. The lowest BCUT2D eigenvalue weighted by atomic mass is 10.1. The molecule has 0 spiro atoms. The van der Waals surface area contributed by atoms with Crippen LogP contribution in [0, 0.1) is 5.82 Å². The van der Waals surface area contributed by atoms with Crippen molar-refractivity contribution < 1.29 is 22.3 Å². The Kier molecular flexibility index (Phi) is 5.47. The van der Waals surface area contributed by atoms with Gasteiger partial charge in [-0.05, 0) is 56.7 Å². The highest BCUT2D eigenvalue weighted by Gasteiger charge is 2.19. The van der Waals surface area contributed by atoms with Gasteiger partial charge in [0.2, 0.25) is 10.0 Å². The maximum Gasteiger partial charge on any atom is 0.338 e. The Morgan fingerprint density at radius 2 is 1.76 bits per heavy atom. The van der Waals surface area contributed by atoms with Crippen molar-refractivity contribution in [1.82, 2.24) is 0 Å². The van der Waals surface area contributed by atoms with Gasteiger partial charge in [-0.25, -0.2) is 17.6 Å². The Hall–Kier alpha value is -2.41. The molecule has 1 N–H and O–H groups in total. The second-order valence-corrected chi connectivity index (χ2v) is 8.29. The van der Waals surface area contributed by atoms with Gasteiger partial charge in [0.25, 0.3) is 0 Å². The average molecular weight is 365 g/mol. The van der Waals surface area contributed by atoms with Gasteiger partial charge in [-0.2, -0.15) is 0 Å². The summed E-state index contributed by atoms with van der Waals surface area (Å²) < 4.78 is 45.1. The van der Waals surface area contributed by atoms with Crippen molar-refractivity contribution in [3.63, 3.8) is 0 Å². The minimum Gasteiger partial charge on any atom is -0.456 e. The van der Waals surface area contributed by atoms with E-state index in [1.54, 1.807) is 32.9 Å². The van der Waals surface area contributed by atoms with E-state index >= 15 is 0 Å². The van der Waals surface area contributed by atoms with Crippen LogP contribution in [0.5, 0.6) is 0 Å². The van der Waals surface area contributed by atoms with Gasteiger partial charge < -0.3 is 4.74 Å². The number of nitrogens with one attached hydrogen (secondary N) is 1. The topological polar surface area (TPSA) is 72.5 Å². The standard InChI is InChI=1S/C18H20FNO4S/c1-18(2,3)24-17(21)14-5-4-6-16(11-14)20-25(22,23)12-13-7-9-15(19)10-8-13/h4-11,20H,12H2,1-3H3. The Morgan fingerprint density at radius 3 is 2.36 bits per heavy atom. The summed E-state index contributed by atoms with van der Waals surface area (Å²) in [6.45, 7) is 5.25. The molecule has 7 heteroatoms. The number of ether oxygens (including phenoxy) is 1. The fourth-order valence-corrected chi connectivity index (χ4v) is 3.25. The van der Waals surface area contributed by atoms with Crippen LogP contribution in [0.2, 0.25) is 0 Å². The number of benzene rings is 2. The lowest BCUT2D eigenvalue weighted by molar-refractivity contribution is 0.00695. The van der Waals surface area contributed by atoms with Gasteiger partial charge in [0.05, 0.1) is 11.3 Å². The van der Waals surface area contributed by atoms with Crippen molar-refractivity contribution in [3.8, 4) is 0 Å². The van der Waals surface area contributed by atoms with E-state index in [1.807, 2.05) is 0 Å². The molecular weight excluding hydrogens is 345 g/mol. The SMILES string of the molecule is CC(C)(C)OC(=O)c1cccc(NS(=O)(=O)Cc2ccc(F)cc2)c1. The third-order valence-corrected chi connectivity index (χ3v) is 4.30. The first-order valence-corrected chi connectivity index (χ1v) is 9.28. The monoisotopic (exact) mass is 365 g/mol. The number of hydrogen-bond donors (Lipinski definition) is 1. The molecule has 0 saturated heterocycles. The van der Waals surface area contributed by atoms with Crippen molar-refractivity contribution in [2.45, 2.75) is 32.1 Å². The molecule has 2 rings (SSSR count). The van der Waals surface area contributed by atoms with Gasteiger partial charge >= 0.3 is 5.97 Å². The minimum atomic E-state index is -3.70. The molecule has 2 aromatic rings. The number of esters is 1. The molecule has 0 radical (unpaired) electrons. The van der Waals surface area contributed by atoms with Crippen molar-refractivity contribution in [2.75, 3.05) is 4.72 Å². The van der Waals surface area contributed by atoms with Gasteiger partial charge in [-0.3, -0.25) is 4.72 Å². The molecule has 0 bridgehead atoms. The van der Waals surface area contributed by atoms with Crippen LogP contribution in [0.3, 0.4) is 0 Å². The lowest BCUT2D eigenvalue weighted by Crippen LogP contribution is -2.24. The van der Waals surface area contributed by atoms with E-state index in [9.17, 15) is 17.6 Å². The summed E-state index contributed by atoms with van der Waals surface area (Å²) in [5.74, 6) is -1.27. The van der Waals surface area contributed by atoms with Gasteiger partial charge in [0.15, 0.2) is 0 Å². The van der Waals surface area contributed by atoms with Gasteiger partial charge in [-0.15, -0.1) is 0 Å². The molecule has 0 atom stereocenters. The number of sulfonamides is 1. The van der Waals surface area contributed by atoms with Crippen LogP contribution in [0.25, 0.3) is 0 Å². The number of carbonyl (C=O) groups is 1. The molecule has 0 aliphatic heterocycles. The number of carbonyl (C=O) groups excluding carboxylic acids is 1. The van der Waals surface area contributed by atoms with Crippen LogP contribution in [-0.2, 0) is 20.5 Å². The lowest BCUT2D eigenvalue weighted by Gasteiger charge is -2.19. The fourth-order valence-electron chi connectivity index (χ4n) is 2.06. The zero-order valence-electron chi connectivity index (χ0n) is 14.2. The minimum absolute atomic E-state index is 0.247. The molecule has 0 aliphatic carbocycles. The molecule has 2 aromatic carbocycles. The summed E-state index contributed by atoms with van der Waals surface area (Å²) in [6.07, 6.45) is 0. The second-order valence-electron chi connectivity index (χ2n) is 6.57. The number of anilines is 1. The highest BCUT2D eigenvalue weighted by Crippen LogP contribution is 2.18. The van der Waals surface area contributed by atoms with E-state index in [-0.39, 0.29) is 17.0 Å². The van der Waals surface area contributed by atoms with Gasteiger partial charge in [0.1, 0.15) is 11.4 Å². The smallest absolute Gasteiger partial charge is 0.338 e. The first-order valence-electron chi connectivity index (χ1n) is 7.62. The Balaban J connectivity index is 2.12. The predicted molar refractivity (Wildman–Crippen MR) is 94.3 cm³/mol. The van der Waals surface area contributed by atoms with Crippen molar-refractivity contribution in [1.29, 1.82) is 0 Å². The van der Waals surface area contributed by atoms with Crippen LogP contribution in [0.4, 0.5) is 10.1 Å². The van der Waals surface area contributed by atoms with Crippen molar-refractivity contribution >= 4 is 21.7 Å². The molecule has 0 aliphatic rings. The predicted octanol–water partition coefficient (Wildman–Crippen LogP) is 3.72. The molecule has 0 unspecified atom stereocenters. The Bertz CT molecular complexity index is 855. The maximum atomic E-state index is 12.9. The molecule has 0 saturated carbocycles. The average Bonchev–Trinajstić information content (AvgIpc) is 2.47. The number of rotatable bonds is 5. The van der Waals surface area contributed by atoms with E-state index in [0.717, 1.165) is 0 Å². The number of hydrogen-bond acceptors (Lipinski definition) is 4. The highest BCUT2D eigenvalue weighted by atomic mass is 32.2. The van der Waals surface area contributed by atoms with Crippen LogP contribution in [0.1, 0.15) is 36.7 Å². The van der Waals surface area contributed by atoms with E-state index in [2.05, 4.69) is 4.72 Å². The van der Waals surface area contributed by atoms with Crippen LogP contribution in [0.15, 0.2) is 48.5 Å². The molecule has 5 nitrogen and oxygen atoms in total. The third kappa shape index (κ3) is 6.19. The van der Waals surface area contributed by atoms with Crippen molar-refractivity contribution in [3.05, 3.63) is 65.5 Å². The summed E-state index contributed by atoms with van der Waals surface area (Å²) in [4.78, 5) is 12.1. The highest BCUT2D eigenvalue weighted by molar-refractivity contribution is 7.91. The molecule has 0 aromatic heterocycles. The normalized spacial score (nSPS) is 11.8. The summed E-state index contributed by atoms with van der Waals surface area (Å²) in [5.41, 5.74) is 0.314. The van der Waals surface area contributed by atoms with E-state index < -0.39 is 27.4 Å².